The molecular weight excluding hydrogens is 370 g/mol. The largest absolute Gasteiger partial charge is 0.339 e. The van der Waals surface area contributed by atoms with Gasteiger partial charge in [-0.25, -0.2) is 4.98 Å². The Morgan fingerprint density at radius 2 is 1.64 bits per heavy atom. The summed E-state index contributed by atoms with van der Waals surface area (Å²) in [5.74, 6) is -0.337. The lowest BCUT2D eigenvalue weighted by Crippen LogP contribution is -2.36. The number of para-hydroxylation sites is 1. The Kier molecular flexibility index (Phi) is 5.48. The average Bonchev–Trinajstić information content (AvgIpc) is 3.25. The van der Waals surface area contributed by atoms with E-state index in [9.17, 15) is 9.59 Å². The number of amides is 2. The van der Waals surface area contributed by atoms with Gasteiger partial charge in [0.05, 0.1) is 11.3 Å². The molecule has 2 heterocycles. The Bertz CT molecular complexity index is 978. The zero-order valence-corrected chi connectivity index (χ0v) is 16.2. The fraction of sp³-hybridized carbons (Fsp3) is 0.227. The van der Waals surface area contributed by atoms with E-state index in [0.717, 1.165) is 42.9 Å². The summed E-state index contributed by atoms with van der Waals surface area (Å²) in [4.78, 5) is 31.9. The summed E-state index contributed by atoms with van der Waals surface area (Å²) in [6.45, 7) is 1.54. The van der Waals surface area contributed by atoms with Crippen molar-refractivity contribution in [2.45, 2.75) is 19.3 Å². The van der Waals surface area contributed by atoms with E-state index in [-0.39, 0.29) is 11.8 Å². The standard InChI is InChI=1S/C22H21N3O2S/c26-20(19-15-28-21(24-19)16-9-3-1-4-10-16)23-18-12-6-5-11-17(18)22(27)25-13-7-2-8-14-25/h1,3-6,9-12,15H,2,7-8,13-14H2,(H,23,26). The van der Waals surface area contributed by atoms with Crippen molar-refractivity contribution >= 4 is 28.8 Å². The molecule has 2 amide bonds. The summed E-state index contributed by atoms with van der Waals surface area (Å²) < 4.78 is 0. The van der Waals surface area contributed by atoms with E-state index in [4.69, 9.17) is 0 Å². The molecular formula is C22H21N3O2S. The van der Waals surface area contributed by atoms with Crippen molar-refractivity contribution in [2.24, 2.45) is 0 Å². The predicted octanol–water partition coefficient (Wildman–Crippen LogP) is 4.69. The van der Waals surface area contributed by atoms with Crippen LogP contribution in [0.2, 0.25) is 0 Å². The molecule has 0 radical (unpaired) electrons. The van der Waals surface area contributed by atoms with Crippen LogP contribution < -0.4 is 5.32 Å². The highest BCUT2D eigenvalue weighted by atomic mass is 32.1. The van der Waals surface area contributed by atoms with Crippen LogP contribution in [0.3, 0.4) is 0 Å². The summed E-state index contributed by atoms with van der Waals surface area (Å²) in [6.07, 6.45) is 3.22. The maximum Gasteiger partial charge on any atom is 0.275 e. The highest BCUT2D eigenvalue weighted by Gasteiger charge is 2.22. The van der Waals surface area contributed by atoms with Gasteiger partial charge in [0.25, 0.3) is 11.8 Å². The van der Waals surface area contributed by atoms with Gasteiger partial charge in [0.1, 0.15) is 10.7 Å². The van der Waals surface area contributed by atoms with Crippen LogP contribution in [-0.2, 0) is 0 Å². The molecule has 1 aliphatic rings. The number of hydrogen-bond acceptors (Lipinski definition) is 4. The van der Waals surface area contributed by atoms with Crippen molar-refractivity contribution < 1.29 is 9.59 Å². The Hall–Kier alpha value is -2.99. The second-order valence-corrected chi connectivity index (χ2v) is 7.61. The molecule has 1 saturated heterocycles. The third-order valence-corrected chi connectivity index (χ3v) is 5.70. The van der Waals surface area contributed by atoms with Crippen LogP contribution in [0.25, 0.3) is 10.6 Å². The van der Waals surface area contributed by atoms with Gasteiger partial charge in [0.15, 0.2) is 0 Å². The summed E-state index contributed by atoms with van der Waals surface area (Å²) >= 11 is 1.43. The van der Waals surface area contributed by atoms with E-state index in [1.807, 2.05) is 47.4 Å². The van der Waals surface area contributed by atoms with Gasteiger partial charge < -0.3 is 10.2 Å². The van der Waals surface area contributed by atoms with Gasteiger partial charge in [-0.05, 0) is 31.4 Å². The molecule has 6 heteroatoms. The predicted molar refractivity (Wildman–Crippen MR) is 112 cm³/mol. The number of likely N-dealkylation sites (tertiary alicyclic amines) is 1. The highest BCUT2D eigenvalue weighted by Crippen LogP contribution is 2.25. The van der Waals surface area contributed by atoms with Gasteiger partial charge in [0, 0.05) is 24.0 Å². The van der Waals surface area contributed by atoms with E-state index < -0.39 is 0 Å². The fourth-order valence-electron chi connectivity index (χ4n) is 3.32. The molecule has 3 aromatic rings. The molecule has 0 spiro atoms. The Morgan fingerprint density at radius 3 is 2.43 bits per heavy atom. The molecule has 1 aromatic heterocycles. The molecule has 4 rings (SSSR count). The van der Waals surface area contributed by atoms with Crippen LogP contribution in [0.4, 0.5) is 5.69 Å². The van der Waals surface area contributed by atoms with Crippen LogP contribution in [-0.4, -0.2) is 34.8 Å². The molecule has 0 saturated carbocycles. The van der Waals surface area contributed by atoms with Crippen LogP contribution in [0.1, 0.15) is 40.1 Å². The quantitative estimate of drug-likeness (QED) is 0.702. The first kappa shape index (κ1) is 18.4. The van der Waals surface area contributed by atoms with Crippen molar-refractivity contribution in [3.05, 3.63) is 71.2 Å². The van der Waals surface area contributed by atoms with Crippen LogP contribution >= 0.6 is 11.3 Å². The fourth-order valence-corrected chi connectivity index (χ4v) is 4.13. The molecule has 28 heavy (non-hydrogen) atoms. The number of hydrogen-bond donors (Lipinski definition) is 1. The summed E-state index contributed by atoms with van der Waals surface area (Å²) in [5, 5.41) is 5.41. The molecule has 1 aliphatic heterocycles. The summed E-state index contributed by atoms with van der Waals surface area (Å²) in [6, 6.07) is 16.9. The molecule has 5 nitrogen and oxygen atoms in total. The first-order valence-electron chi connectivity index (χ1n) is 9.43. The smallest absolute Gasteiger partial charge is 0.275 e. The van der Waals surface area contributed by atoms with Crippen LogP contribution in [0.15, 0.2) is 60.0 Å². The SMILES string of the molecule is O=C(Nc1ccccc1C(=O)N1CCCCC1)c1csc(-c2ccccc2)n1. The number of benzene rings is 2. The lowest BCUT2D eigenvalue weighted by molar-refractivity contribution is 0.0725. The third kappa shape index (κ3) is 3.97. The number of nitrogens with zero attached hydrogens (tertiary/aromatic N) is 2. The Labute approximate surface area is 168 Å². The van der Waals surface area contributed by atoms with E-state index in [1.165, 1.54) is 11.3 Å². The molecule has 142 valence electrons. The zero-order chi connectivity index (χ0) is 19.3. The number of thiazole rings is 1. The molecule has 0 unspecified atom stereocenters. The molecule has 2 aromatic carbocycles. The number of carbonyl (C=O) groups is 2. The monoisotopic (exact) mass is 391 g/mol. The molecule has 0 bridgehead atoms. The lowest BCUT2D eigenvalue weighted by Gasteiger charge is -2.27. The maximum absolute atomic E-state index is 12.9. The minimum absolute atomic E-state index is 0.0288. The Balaban J connectivity index is 1.52. The number of anilines is 1. The van der Waals surface area contributed by atoms with Crippen LogP contribution in [0.5, 0.6) is 0 Å². The topological polar surface area (TPSA) is 62.3 Å². The van der Waals surface area contributed by atoms with E-state index in [1.54, 1.807) is 17.5 Å². The molecule has 1 fully saturated rings. The average molecular weight is 391 g/mol. The number of piperidine rings is 1. The minimum atomic E-state index is -0.308. The van der Waals surface area contributed by atoms with Crippen molar-refractivity contribution in [3.63, 3.8) is 0 Å². The van der Waals surface area contributed by atoms with Crippen molar-refractivity contribution in [3.8, 4) is 10.6 Å². The lowest BCUT2D eigenvalue weighted by atomic mass is 10.1. The summed E-state index contributed by atoms with van der Waals surface area (Å²) in [5.41, 5.74) is 2.38. The molecule has 1 N–H and O–H groups in total. The first-order chi connectivity index (χ1) is 13.7. The molecule has 0 aliphatic carbocycles. The van der Waals surface area contributed by atoms with E-state index >= 15 is 0 Å². The van der Waals surface area contributed by atoms with Crippen molar-refractivity contribution in [1.29, 1.82) is 0 Å². The van der Waals surface area contributed by atoms with Crippen molar-refractivity contribution in [1.82, 2.24) is 9.88 Å². The molecule has 0 atom stereocenters. The third-order valence-electron chi connectivity index (χ3n) is 4.81. The first-order valence-corrected chi connectivity index (χ1v) is 10.3. The normalized spacial score (nSPS) is 13.9. The number of nitrogens with one attached hydrogen (secondary N) is 1. The Morgan fingerprint density at radius 1 is 0.929 bits per heavy atom. The highest BCUT2D eigenvalue weighted by molar-refractivity contribution is 7.13. The zero-order valence-electron chi connectivity index (χ0n) is 15.4. The van der Waals surface area contributed by atoms with Gasteiger partial charge in [-0.1, -0.05) is 42.5 Å². The number of aromatic nitrogens is 1. The van der Waals surface area contributed by atoms with Crippen LogP contribution in [0, 0.1) is 0 Å². The minimum Gasteiger partial charge on any atom is -0.339 e. The van der Waals surface area contributed by atoms with Crippen molar-refractivity contribution in [2.75, 3.05) is 18.4 Å². The second kappa shape index (κ2) is 8.35. The van der Waals surface area contributed by atoms with E-state index in [0.29, 0.717) is 16.9 Å². The maximum atomic E-state index is 12.9. The number of rotatable bonds is 4. The van der Waals surface area contributed by atoms with Gasteiger partial charge in [-0.3, -0.25) is 9.59 Å². The summed E-state index contributed by atoms with van der Waals surface area (Å²) in [7, 11) is 0. The number of carbonyl (C=O) groups excluding carboxylic acids is 2. The second-order valence-electron chi connectivity index (χ2n) is 6.76. The van der Waals surface area contributed by atoms with Gasteiger partial charge in [0.2, 0.25) is 0 Å². The van der Waals surface area contributed by atoms with Gasteiger partial charge in [-0.15, -0.1) is 11.3 Å². The van der Waals surface area contributed by atoms with Gasteiger partial charge in [-0.2, -0.15) is 0 Å². The van der Waals surface area contributed by atoms with E-state index in [2.05, 4.69) is 10.3 Å². The van der Waals surface area contributed by atoms with Gasteiger partial charge >= 0.3 is 0 Å².